The summed E-state index contributed by atoms with van der Waals surface area (Å²) in [5.74, 6) is -6.75. The third kappa shape index (κ3) is 4.05. The van der Waals surface area contributed by atoms with E-state index in [2.05, 4.69) is 0 Å². The van der Waals surface area contributed by atoms with Crippen LogP contribution in [0.5, 0.6) is 0 Å². The van der Waals surface area contributed by atoms with Gasteiger partial charge < -0.3 is 10.4 Å². The second-order valence-electron chi connectivity index (χ2n) is 4.90. The van der Waals surface area contributed by atoms with E-state index < -0.39 is 40.9 Å². The molecule has 4 nitrogen and oxygen atoms in total. The molecular formula is C16H11ClF3NO3. The van der Waals surface area contributed by atoms with Gasteiger partial charge >= 0.3 is 5.97 Å². The van der Waals surface area contributed by atoms with E-state index in [1.165, 1.54) is 6.07 Å². The van der Waals surface area contributed by atoms with E-state index in [-0.39, 0.29) is 11.4 Å². The van der Waals surface area contributed by atoms with E-state index in [4.69, 9.17) is 11.6 Å². The normalized spacial score (nSPS) is 11.8. The Morgan fingerprint density at radius 2 is 1.71 bits per heavy atom. The first-order valence-corrected chi connectivity index (χ1v) is 7.09. The van der Waals surface area contributed by atoms with Gasteiger partial charge in [-0.15, -0.1) is 0 Å². The summed E-state index contributed by atoms with van der Waals surface area (Å²) in [6, 6.07) is 5.57. The van der Waals surface area contributed by atoms with Crippen molar-refractivity contribution in [2.45, 2.75) is 12.5 Å². The van der Waals surface area contributed by atoms with Crippen LogP contribution < -0.4 is 5.32 Å². The van der Waals surface area contributed by atoms with Gasteiger partial charge in [0.05, 0.1) is 0 Å². The van der Waals surface area contributed by atoms with Gasteiger partial charge in [-0.05, 0) is 11.6 Å². The number of aliphatic carboxylic acids is 1. The fourth-order valence-corrected chi connectivity index (χ4v) is 2.29. The minimum atomic E-state index is -1.47. The Labute approximate surface area is 139 Å². The van der Waals surface area contributed by atoms with Gasteiger partial charge in [0.25, 0.3) is 5.91 Å². The smallest absolute Gasteiger partial charge is 0.326 e. The molecule has 0 aromatic heterocycles. The molecule has 0 bridgehead atoms. The average Bonchev–Trinajstić information content (AvgIpc) is 2.47. The molecule has 0 aliphatic heterocycles. The van der Waals surface area contributed by atoms with Crippen LogP contribution in [-0.2, 0) is 11.2 Å². The molecule has 0 aliphatic rings. The number of carboxylic acids is 1. The third-order valence-electron chi connectivity index (χ3n) is 3.22. The van der Waals surface area contributed by atoms with E-state index in [0.717, 1.165) is 0 Å². The molecule has 1 amide bonds. The van der Waals surface area contributed by atoms with E-state index in [9.17, 15) is 27.9 Å². The highest BCUT2D eigenvalue weighted by atomic mass is 35.5. The molecule has 24 heavy (non-hydrogen) atoms. The molecule has 1 atom stereocenters. The van der Waals surface area contributed by atoms with Crippen molar-refractivity contribution in [3.63, 3.8) is 0 Å². The maximum Gasteiger partial charge on any atom is 0.326 e. The summed E-state index contributed by atoms with van der Waals surface area (Å²) in [5, 5.41) is 11.5. The zero-order chi connectivity index (χ0) is 17.9. The lowest BCUT2D eigenvalue weighted by Gasteiger charge is -2.16. The lowest BCUT2D eigenvalue weighted by Crippen LogP contribution is -2.43. The summed E-state index contributed by atoms with van der Waals surface area (Å²) in [4.78, 5) is 23.3. The van der Waals surface area contributed by atoms with Crippen molar-refractivity contribution >= 4 is 23.5 Å². The van der Waals surface area contributed by atoms with Crippen molar-refractivity contribution in [3.05, 3.63) is 70.0 Å². The number of nitrogens with one attached hydrogen (secondary N) is 1. The predicted molar refractivity (Wildman–Crippen MR) is 80.4 cm³/mol. The summed E-state index contributed by atoms with van der Waals surface area (Å²) in [5.41, 5.74) is -0.617. The van der Waals surface area contributed by atoms with Crippen LogP contribution in [0.15, 0.2) is 36.4 Å². The van der Waals surface area contributed by atoms with Crippen molar-refractivity contribution in [2.75, 3.05) is 0 Å². The predicted octanol–water partition coefficient (Wildman–Crippen LogP) is 3.18. The Balaban J connectivity index is 2.24. The number of rotatable bonds is 5. The number of halogens is 4. The van der Waals surface area contributed by atoms with Crippen molar-refractivity contribution in [2.24, 2.45) is 0 Å². The Bertz CT molecular complexity index is 775. The number of carbonyl (C=O) groups is 2. The highest BCUT2D eigenvalue weighted by Gasteiger charge is 2.26. The van der Waals surface area contributed by atoms with Gasteiger partial charge in [-0.2, -0.15) is 0 Å². The van der Waals surface area contributed by atoms with Crippen molar-refractivity contribution in [1.29, 1.82) is 0 Å². The summed E-state index contributed by atoms with van der Waals surface area (Å²) >= 11 is 5.93. The van der Waals surface area contributed by atoms with E-state index in [1.54, 1.807) is 18.2 Å². The van der Waals surface area contributed by atoms with E-state index in [0.29, 0.717) is 17.7 Å². The van der Waals surface area contributed by atoms with E-state index >= 15 is 0 Å². The van der Waals surface area contributed by atoms with Crippen molar-refractivity contribution in [3.8, 4) is 0 Å². The number of carboxylic acid groups (broad SMARTS) is 1. The van der Waals surface area contributed by atoms with Crippen LogP contribution in [0, 0.1) is 17.5 Å². The lowest BCUT2D eigenvalue weighted by atomic mass is 10.0. The molecular weight excluding hydrogens is 347 g/mol. The zero-order valence-electron chi connectivity index (χ0n) is 12.0. The van der Waals surface area contributed by atoms with Crippen LogP contribution in [0.2, 0.25) is 5.02 Å². The molecule has 0 aliphatic carbocycles. The number of carbonyl (C=O) groups excluding carboxylic acids is 1. The molecule has 0 saturated carbocycles. The number of hydrogen-bond acceptors (Lipinski definition) is 2. The molecule has 8 heteroatoms. The van der Waals surface area contributed by atoms with Gasteiger partial charge in [0, 0.05) is 23.6 Å². The van der Waals surface area contributed by atoms with Gasteiger partial charge in [-0.1, -0.05) is 29.8 Å². The molecule has 2 rings (SSSR count). The molecule has 0 radical (unpaired) electrons. The average molecular weight is 358 g/mol. The first-order chi connectivity index (χ1) is 11.3. The van der Waals surface area contributed by atoms with Crippen molar-refractivity contribution < 1.29 is 27.9 Å². The molecule has 0 fully saturated rings. The second-order valence-corrected chi connectivity index (χ2v) is 5.31. The fourth-order valence-electron chi connectivity index (χ4n) is 2.07. The first kappa shape index (κ1) is 17.8. The van der Waals surface area contributed by atoms with Gasteiger partial charge in [0.2, 0.25) is 0 Å². The monoisotopic (exact) mass is 357 g/mol. The fraction of sp³-hybridized carbons (Fsp3) is 0.125. The van der Waals surface area contributed by atoms with Gasteiger partial charge in [0.15, 0.2) is 0 Å². The summed E-state index contributed by atoms with van der Waals surface area (Å²) < 4.78 is 40.1. The Morgan fingerprint density at radius 1 is 1.12 bits per heavy atom. The van der Waals surface area contributed by atoms with Gasteiger partial charge in [-0.25, -0.2) is 18.0 Å². The van der Waals surface area contributed by atoms with Crippen LogP contribution >= 0.6 is 11.6 Å². The quantitative estimate of drug-likeness (QED) is 0.863. The Hall–Kier alpha value is -2.54. The SMILES string of the molecule is O=C(N[C@H](Cc1ccccc1Cl)C(=O)O)c1c(F)cc(F)cc1F. The Morgan fingerprint density at radius 3 is 2.25 bits per heavy atom. The molecule has 0 saturated heterocycles. The topological polar surface area (TPSA) is 66.4 Å². The highest BCUT2D eigenvalue weighted by Crippen LogP contribution is 2.18. The van der Waals surface area contributed by atoms with Crippen LogP contribution in [0.25, 0.3) is 0 Å². The molecule has 2 aromatic rings. The molecule has 0 heterocycles. The maximum absolute atomic E-state index is 13.6. The van der Waals surface area contributed by atoms with Crippen LogP contribution in [0.4, 0.5) is 13.2 Å². The van der Waals surface area contributed by atoms with Gasteiger partial charge in [0.1, 0.15) is 29.1 Å². The minimum Gasteiger partial charge on any atom is -0.480 e. The second kappa shape index (κ2) is 7.35. The summed E-state index contributed by atoms with van der Waals surface area (Å²) in [6.45, 7) is 0. The third-order valence-corrected chi connectivity index (χ3v) is 3.59. The first-order valence-electron chi connectivity index (χ1n) is 6.71. The molecule has 126 valence electrons. The zero-order valence-corrected chi connectivity index (χ0v) is 12.8. The number of hydrogen-bond donors (Lipinski definition) is 2. The number of amides is 1. The van der Waals surface area contributed by atoms with Crippen molar-refractivity contribution in [1.82, 2.24) is 5.32 Å². The maximum atomic E-state index is 13.6. The van der Waals surface area contributed by atoms with E-state index in [1.807, 2.05) is 5.32 Å². The summed E-state index contributed by atoms with van der Waals surface area (Å²) in [6.07, 6.45) is -0.189. The minimum absolute atomic E-state index is 0.189. The standard InChI is InChI=1S/C16H11ClF3NO3/c17-10-4-2-1-3-8(10)5-13(16(23)24)21-15(22)14-11(19)6-9(18)7-12(14)20/h1-4,6-7,13H,5H2,(H,21,22)(H,23,24)/t13-/m1/s1. The van der Waals surface area contributed by atoms with Crippen LogP contribution in [-0.4, -0.2) is 23.0 Å². The highest BCUT2D eigenvalue weighted by molar-refractivity contribution is 6.31. The molecule has 0 spiro atoms. The number of benzene rings is 2. The Kier molecular flexibility index (Phi) is 5.46. The summed E-state index contributed by atoms with van der Waals surface area (Å²) in [7, 11) is 0. The molecule has 2 aromatic carbocycles. The lowest BCUT2D eigenvalue weighted by molar-refractivity contribution is -0.139. The largest absolute Gasteiger partial charge is 0.480 e. The molecule has 0 unspecified atom stereocenters. The van der Waals surface area contributed by atoms with Crippen LogP contribution in [0.1, 0.15) is 15.9 Å². The molecule has 2 N–H and O–H groups in total. The van der Waals surface area contributed by atoms with Crippen LogP contribution in [0.3, 0.4) is 0 Å². The van der Waals surface area contributed by atoms with Gasteiger partial charge in [-0.3, -0.25) is 4.79 Å².